The predicted octanol–water partition coefficient (Wildman–Crippen LogP) is 2.98. The zero-order chi connectivity index (χ0) is 11.1. The van der Waals surface area contributed by atoms with E-state index in [1.807, 2.05) is 0 Å². The van der Waals surface area contributed by atoms with Crippen LogP contribution in [0.5, 0.6) is 0 Å². The Hall–Kier alpha value is -0.570. The smallest absolute Gasteiger partial charge is 0.338 e. The quantitative estimate of drug-likeness (QED) is 0.474. The molecular formula is C12H22O3. The van der Waals surface area contributed by atoms with Crippen molar-refractivity contribution < 1.29 is 14.6 Å². The molecule has 15 heavy (non-hydrogen) atoms. The van der Waals surface area contributed by atoms with Crippen LogP contribution < -0.4 is 0 Å². The molecule has 1 N–H and O–H groups in total. The summed E-state index contributed by atoms with van der Waals surface area (Å²) >= 11 is 0. The summed E-state index contributed by atoms with van der Waals surface area (Å²) in [5, 5.41) is 8.85. The number of aliphatic carboxylic acids is 1. The molecular weight excluding hydrogens is 192 g/mol. The van der Waals surface area contributed by atoms with Crippen molar-refractivity contribution in [2.45, 2.75) is 63.9 Å². The number of rotatable bonds is 9. The van der Waals surface area contributed by atoms with Gasteiger partial charge in [0, 0.05) is 0 Å². The molecule has 0 amide bonds. The van der Waals surface area contributed by atoms with Gasteiger partial charge < -0.3 is 9.84 Å². The molecule has 1 rings (SSSR count). The Balaban J connectivity index is 1.91. The van der Waals surface area contributed by atoms with Crippen molar-refractivity contribution in [2.75, 3.05) is 6.61 Å². The number of carboxylic acids is 1. The summed E-state index contributed by atoms with van der Waals surface area (Å²) in [6.07, 6.45) is 9.25. The fourth-order valence-corrected chi connectivity index (χ4v) is 1.83. The van der Waals surface area contributed by atoms with Crippen LogP contribution in [0.2, 0.25) is 0 Å². The highest BCUT2D eigenvalue weighted by Gasteiger charge is 2.51. The Labute approximate surface area is 91.8 Å². The molecule has 1 heterocycles. The summed E-state index contributed by atoms with van der Waals surface area (Å²) in [5.74, 6) is -0.784. The van der Waals surface area contributed by atoms with Crippen molar-refractivity contribution in [3.63, 3.8) is 0 Å². The summed E-state index contributed by atoms with van der Waals surface area (Å²) in [6, 6.07) is 0. The maximum absolute atomic E-state index is 10.8. The van der Waals surface area contributed by atoms with Crippen molar-refractivity contribution >= 4 is 5.97 Å². The van der Waals surface area contributed by atoms with E-state index < -0.39 is 11.6 Å². The van der Waals surface area contributed by atoms with Crippen molar-refractivity contribution in [3.8, 4) is 0 Å². The lowest BCUT2D eigenvalue weighted by Crippen LogP contribution is -2.23. The first kappa shape index (κ1) is 12.5. The molecule has 0 saturated carbocycles. The Morgan fingerprint density at radius 2 is 1.73 bits per heavy atom. The van der Waals surface area contributed by atoms with Crippen LogP contribution in [0.4, 0.5) is 0 Å². The van der Waals surface area contributed by atoms with Crippen LogP contribution in [0.1, 0.15) is 58.3 Å². The van der Waals surface area contributed by atoms with Gasteiger partial charge in [-0.15, -0.1) is 0 Å². The second kappa shape index (κ2) is 6.11. The Morgan fingerprint density at radius 3 is 2.20 bits per heavy atom. The van der Waals surface area contributed by atoms with E-state index in [0.717, 1.165) is 12.8 Å². The molecule has 1 aliphatic heterocycles. The molecule has 0 aromatic rings. The van der Waals surface area contributed by atoms with Gasteiger partial charge in [-0.2, -0.15) is 0 Å². The van der Waals surface area contributed by atoms with Gasteiger partial charge >= 0.3 is 5.97 Å². The molecule has 1 aliphatic rings. The second-order valence-electron chi connectivity index (χ2n) is 4.46. The van der Waals surface area contributed by atoms with Gasteiger partial charge in [0.25, 0.3) is 0 Å². The van der Waals surface area contributed by atoms with Crippen molar-refractivity contribution in [1.82, 2.24) is 0 Å². The molecule has 1 saturated heterocycles. The molecule has 0 aliphatic carbocycles. The lowest BCUT2D eigenvalue weighted by molar-refractivity contribution is -0.143. The zero-order valence-corrected chi connectivity index (χ0v) is 9.63. The molecule has 1 atom stereocenters. The first-order valence-electron chi connectivity index (χ1n) is 6.08. The average Bonchev–Trinajstić information content (AvgIpc) is 2.98. The standard InChI is InChI=1S/C12H22O3/c1-2-3-4-5-6-7-8-9-12(10-15-12)11(13)14/h2-10H2,1H3,(H,13,14). The molecule has 3 nitrogen and oxygen atoms in total. The van der Waals surface area contributed by atoms with Crippen LogP contribution in [-0.2, 0) is 9.53 Å². The van der Waals surface area contributed by atoms with E-state index in [1.165, 1.54) is 32.1 Å². The number of unbranched alkanes of at least 4 members (excludes halogenated alkanes) is 6. The SMILES string of the molecule is CCCCCCCCCC1(C(=O)O)CO1. The van der Waals surface area contributed by atoms with E-state index in [-0.39, 0.29) is 0 Å². The third kappa shape index (κ3) is 4.20. The molecule has 0 aromatic heterocycles. The average molecular weight is 214 g/mol. The predicted molar refractivity (Wildman–Crippen MR) is 58.9 cm³/mol. The van der Waals surface area contributed by atoms with E-state index in [4.69, 9.17) is 9.84 Å². The van der Waals surface area contributed by atoms with Gasteiger partial charge in [0.1, 0.15) is 0 Å². The van der Waals surface area contributed by atoms with E-state index in [2.05, 4.69) is 6.92 Å². The maximum atomic E-state index is 10.8. The van der Waals surface area contributed by atoms with Gasteiger partial charge in [-0.05, 0) is 12.8 Å². The molecule has 0 radical (unpaired) electrons. The summed E-state index contributed by atoms with van der Waals surface area (Å²) in [4.78, 5) is 10.8. The van der Waals surface area contributed by atoms with Crippen LogP contribution in [0.15, 0.2) is 0 Å². The van der Waals surface area contributed by atoms with Gasteiger partial charge in [-0.25, -0.2) is 4.79 Å². The van der Waals surface area contributed by atoms with Crippen molar-refractivity contribution in [2.24, 2.45) is 0 Å². The number of carboxylic acid groups (broad SMARTS) is 1. The number of hydrogen-bond acceptors (Lipinski definition) is 2. The van der Waals surface area contributed by atoms with Crippen LogP contribution in [0.25, 0.3) is 0 Å². The van der Waals surface area contributed by atoms with Gasteiger partial charge in [0.05, 0.1) is 6.61 Å². The molecule has 1 unspecified atom stereocenters. The summed E-state index contributed by atoms with van der Waals surface area (Å²) < 4.78 is 5.00. The number of carbonyl (C=O) groups is 1. The minimum atomic E-state index is -0.788. The highest BCUT2D eigenvalue weighted by atomic mass is 16.6. The first-order valence-corrected chi connectivity index (χ1v) is 6.08. The Bertz CT molecular complexity index is 197. The van der Waals surface area contributed by atoms with Crippen LogP contribution in [-0.4, -0.2) is 23.3 Å². The van der Waals surface area contributed by atoms with Crippen LogP contribution in [0, 0.1) is 0 Å². The lowest BCUT2D eigenvalue weighted by Gasteiger charge is -2.05. The number of hydrogen-bond donors (Lipinski definition) is 1. The number of epoxide rings is 1. The zero-order valence-electron chi connectivity index (χ0n) is 9.63. The molecule has 0 spiro atoms. The Kier molecular flexibility index (Phi) is 5.09. The van der Waals surface area contributed by atoms with E-state index in [0.29, 0.717) is 13.0 Å². The molecule has 88 valence electrons. The molecule has 0 bridgehead atoms. The van der Waals surface area contributed by atoms with Crippen LogP contribution >= 0.6 is 0 Å². The molecule has 0 aromatic carbocycles. The topological polar surface area (TPSA) is 49.8 Å². The van der Waals surface area contributed by atoms with Crippen molar-refractivity contribution in [3.05, 3.63) is 0 Å². The third-order valence-corrected chi connectivity index (χ3v) is 3.07. The van der Waals surface area contributed by atoms with Gasteiger partial charge in [0.2, 0.25) is 0 Å². The highest BCUT2D eigenvalue weighted by molar-refractivity contribution is 5.80. The summed E-state index contributed by atoms with van der Waals surface area (Å²) in [7, 11) is 0. The molecule has 3 heteroatoms. The third-order valence-electron chi connectivity index (χ3n) is 3.07. The van der Waals surface area contributed by atoms with Gasteiger partial charge in [-0.1, -0.05) is 45.4 Å². The summed E-state index contributed by atoms with van der Waals surface area (Å²) in [5.41, 5.74) is -0.788. The lowest BCUT2D eigenvalue weighted by atomic mass is 10.0. The maximum Gasteiger partial charge on any atom is 0.338 e. The van der Waals surface area contributed by atoms with E-state index in [1.54, 1.807) is 0 Å². The first-order chi connectivity index (χ1) is 7.21. The van der Waals surface area contributed by atoms with E-state index in [9.17, 15) is 4.79 Å². The van der Waals surface area contributed by atoms with E-state index >= 15 is 0 Å². The minimum absolute atomic E-state index is 0.415. The normalized spacial score (nSPS) is 24.1. The fourth-order valence-electron chi connectivity index (χ4n) is 1.83. The Morgan fingerprint density at radius 1 is 1.20 bits per heavy atom. The second-order valence-corrected chi connectivity index (χ2v) is 4.46. The largest absolute Gasteiger partial charge is 0.479 e. The van der Waals surface area contributed by atoms with Crippen molar-refractivity contribution in [1.29, 1.82) is 0 Å². The minimum Gasteiger partial charge on any atom is -0.479 e. The monoisotopic (exact) mass is 214 g/mol. The molecule has 1 fully saturated rings. The number of ether oxygens (including phenoxy) is 1. The summed E-state index contributed by atoms with van der Waals surface area (Å²) in [6.45, 7) is 2.62. The van der Waals surface area contributed by atoms with Gasteiger partial charge in [0.15, 0.2) is 5.60 Å². The van der Waals surface area contributed by atoms with Gasteiger partial charge in [-0.3, -0.25) is 0 Å². The van der Waals surface area contributed by atoms with Crippen LogP contribution in [0.3, 0.4) is 0 Å². The highest BCUT2D eigenvalue weighted by Crippen LogP contribution is 2.33. The fraction of sp³-hybridized carbons (Fsp3) is 0.917.